The summed E-state index contributed by atoms with van der Waals surface area (Å²) in [5.41, 5.74) is 0. The Balaban J connectivity index is 2.15. The lowest BCUT2D eigenvalue weighted by molar-refractivity contribution is -0.300. The van der Waals surface area contributed by atoms with Crippen LogP contribution in [0.15, 0.2) is 12.2 Å². The fraction of sp³-hybridized carbons (Fsp3) is 0.750. The van der Waals surface area contributed by atoms with Crippen molar-refractivity contribution < 1.29 is 27.4 Å². The quantitative estimate of drug-likeness (QED) is 0.615. The second kappa shape index (κ2) is 5.60. The van der Waals surface area contributed by atoms with E-state index >= 15 is 0 Å². The van der Waals surface area contributed by atoms with Gasteiger partial charge in [-0.15, -0.1) is 0 Å². The van der Waals surface area contributed by atoms with E-state index in [4.69, 9.17) is 9.47 Å². The van der Waals surface area contributed by atoms with Crippen LogP contribution in [-0.4, -0.2) is 43.5 Å². The number of piperidine rings is 1. The fourth-order valence-electron chi connectivity index (χ4n) is 2.47. The molecule has 7 heteroatoms. The maximum atomic E-state index is 12.9. The number of allylic oxidation sites excluding steroid dienone is 1. The first kappa shape index (κ1) is 14.5. The molecule has 2 atom stereocenters. The number of alkyl halides is 3. The van der Waals surface area contributed by atoms with E-state index < -0.39 is 24.0 Å². The van der Waals surface area contributed by atoms with Gasteiger partial charge in [-0.25, -0.2) is 0 Å². The molecule has 2 saturated heterocycles. The van der Waals surface area contributed by atoms with Gasteiger partial charge < -0.3 is 9.47 Å². The summed E-state index contributed by atoms with van der Waals surface area (Å²) in [5.74, 6) is -1.19. The number of nitrogens with one attached hydrogen (secondary N) is 1. The number of hydrogen-bond acceptors (Lipinski definition) is 4. The van der Waals surface area contributed by atoms with Crippen molar-refractivity contribution >= 4 is 6.29 Å². The van der Waals surface area contributed by atoms with Crippen LogP contribution in [0.5, 0.6) is 0 Å². The van der Waals surface area contributed by atoms with Crippen LogP contribution in [0.1, 0.15) is 19.3 Å². The minimum absolute atomic E-state index is 0.262. The molecular weight excluding hydrogens is 263 g/mol. The standard InChI is InChI=1S/C12H16F3NO3/c13-12(14,15)10-8-11(18-5-2-6-19-11)7-9(16-10)3-1-4-17/h1,3-4,9-10,16H,2,5-8H2/b3-1+. The summed E-state index contributed by atoms with van der Waals surface area (Å²) in [4.78, 5) is 10.3. The van der Waals surface area contributed by atoms with E-state index in [2.05, 4.69) is 5.32 Å². The predicted octanol–water partition coefficient (Wildman–Crippen LogP) is 1.56. The Morgan fingerprint density at radius 3 is 2.47 bits per heavy atom. The molecule has 2 aliphatic rings. The lowest BCUT2D eigenvalue weighted by Gasteiger charge is -2.46. The van der Waals surface area contributed by atoms with Crippen LogP contribution in [0, 0.1) is 0 Å². The van der Waals surface area contributed by atoms with E-state index in [0.717, 1.165) is 0 Å². The highest BCUT2D eigenvalue weighted by Crippen LogP contribution is 2.38. The smallest absolute Gasteiger partial charge is 0.350 e. The highest BCUT2D eigenvalue weighted by atomic mass is 19.4. The molecule has 1 N–H and O–H groups in total. The van der Waals surface area contributed by atoms with Crippen LogP contribution in [0.2, 0.25) is 0 Å². The zero-order valence-electron chi connectivity index (χ0n) is 10.3. The van der Waals surface area contributed by atoms with Crippen molar-refractivity contribution in [2.75, 3.05) is 13.2 Å². The number of aldehydes is 1. The molecule has 0 aromatic rings. The van der Waals surface area contributed by atoms with Crippen LogP contribution < -0.4 is 5.32 Å². The van der Waals surface area contributed by atoms with Gasteiger partial charge in [0.05, 0.1) is 13.2 Å². The normalized spacial score (nSPS) is 31.7. The van der Waals surface area contributed by atoms with Gasteiger partial charge in [-0.1, -0.05) is 6.08 Å². The molecule has 0 aromatic heterocycles. The van der Waals surface area contributed by atoms with Crippen molar-refractivity contribution in [2.45, 2.75) is 43.3 Å². The van der Waals surface area contributed by atoms with E-state index in [1.54, 1.807) is 0 Å². The Kier molecular flexibility index (Phi) is 4.27. The zero-order valence-corrected chi connectivity index (χ0v) is 10.3. The van der Waals surface area contributed by atoms with Crippen LogP contribution in [0.25, 0.3) is 0 Å². The molecule has 108 valence electrons. The molecule has 0 radical (unpaired) electrons. The molecule has 0 saturated carbocycles. The molecule has 4 nitrogen and oxygen atoms in total. The number of ether oxygens (including phenoxy) is 2. The minimum Gasteiger partial charge on any atom is -0.350 e. The average molecular weight is 279 g/mol. The number of halogens is 3. The van der Waals surface area contributed by atoms with Gasteiger partial charge in [-0.2, -0.15) is 13.2 Å². The van der Waals surface area contributed by atoms with Crippen molar-refractivity contribution in [3.63, 3.8) is 0 Å². The summed E-state index contributed by atoms with van der Waals surface area (Å²) < 4.78 is 49.6. The molecule has 2 aliphatic heterocycles. The Morgan fingerprint density at radius 2 is 1.89 bits per heavy atom. The molecule has 0 bridgehead atoms. The Bertz CT molecular complexity index is 351. The first-order valence-electron chi connectivity index (χ1n) is 6.18. The monoisotopic (exact) mass is 279 g/mol. The molecule has 2 fully saturated rings. The van der Waals surface area contributed by atoms with Crippen molar-refractivity contribution in [3.8, 4) is 0 Å². The van der Waals surface area contributed by atoms with E-state index in [0.29, 0.717) is 25.9 Å². The van der Waals surface area contributed by atoms with Gasteiger partial charge in [-0.3, -0.25) is 10.1 Å². The summed E-state index contributed by atoms with van der Waals surface area (Å²) >= 11 is 0. The lowest BCUT2D eigenvalue weighted by atomic mass is 9.91. The van der Waals surface area contributed by atoms with Crippen molar-refractivity contribution in [1.82, 2.24) is 5.32 Å². The first-order chi connectivity index (χ1) is 8.95. The summed E-state index contributed by atoms with van der Waals surface area (Å²) in [6.07, 6.45) is -0.549. The second-order valence-corrected chi connectivity index (χ2v) is 4.76. The molecule has 0 amide bonds. The molecule has 19 heavy (non-hydrogen) atoms. The third-order valence-corrected chi connectivity index (χ3v) is 3.30. The van der Waals surface area contributed by atoms with Gasteiger partial charge in [0.2, 0.25) is 0 Å². The van der Waals surface area contributed by atoms with Gasteiger partial charge in [0.25, 0.3) is 0 Å². The largest absolute Gasteiger partial charge is 0.404 e. The number of carbonyl (C=O) groups is 1. The van der Waals surface area contributed by atoms with E-state index in [-0.39, 0.29) is 12.8 Å². The number of carbonyl (C=O) groups excluding carboxylic acids is 1. The highest BCUT2D eigenvalue weighted by Gasteiger charge is 2.51. The van der Waals surface area contributed by atoms with Crippen molar-refractivity contribution in [1.29, 1.82) is 0 Å². The number of rotatable bonds is 2. The average Bonchev–Trinajstić information content (AvgIpc) is 2.36. The summed E-state index contributed by atoms with van der Waals surface area (Å²) in [6.45, 7) is 0.795. The third kappa shape index (κ3) is 3.55. The third-order valence-electron chi connectivity index (χ3n) is 3.30. The Morgan fingerprint density at radius 1 is 1.21 bits per heavy atom. The van der Waals surface area contributed by atoms with Gasteiger partial charge in [0.15, 0.2) is 5.79 Å². The van der Waals surface area contributed by atoms with Crippen LogP contribution in [-0.2, 0) is 14.3 Å². The van der Waals surface area contributed by atoms with E-state index in [1.165, 1.54) is 12.2 Å². The van der Waals surface area contributed by atoms with Crippen LogP contribution in [0.3, 0.4) is 0 Å². The lowest BCUT2D eigenvalue weighted by Crippen LogP contribution is -2.60. The Hall–Kier alpha value is -0.920. The van der Waals surface area contributed by atoms with Gasteiger partial charge >= 0.3 is 6.18 Å². The second-order valence-electron chi connectivity index (χ2n) is 4.76. The minimum atomic E-state index is -4.37. The van der Waals surface area contributed by atoms with Gasteiger partial charge in [0, 0.05) is 18.9 Å². The summed E-state index contributed by atoms with van der Waals surface area (Å²) in [5, 5.41) is 2.47. The van der Waals surface area contributed by atoms with Gasteiger partial charge in [0.1, 0.15) is 12.3 Å². The molecule has 2 heterocycles. The topological polar surface area (TPSA) is 47.6 Å². The zero-order chi connectivity index (χ0) is 13.9. The van der Waals surface area contributed by atoms with Crippen molar-refractivity contribution in [2.24, 2.45) is 0 Å². The summed E-state index contributed by atoms with van der Waals surface area (Å²) in [6, 6.07) is -2.29. The van der Waals surface area contributed by atoms with Gasteiger partial charge in [-0.05, 0) is 12.5 Å². The molecule has 1 spiro atoms. The Labute approximate surface area is 108 Å². The predicted molar refractivity (Wildman–Crippen MR) is 60.5 cm³/mol. The SMILES string of the molecule is O=C/C=C/C1CC2(CC(C(F)(F)F)N1)OCCCO2. The maximum Gasteiger partial charge on any atom is 0.404 e. The van der Waals surface area contributed by atoms with E-state index in [1.807, 2.05) is 0 Å². The molecular formula is C12H16F3NO3. The van der Waals surface area contributed by atoms with E-state index in [9.17, 15) is 18.0 Å². The van der Waals surface area contributed by atoms with Crippen LogP contribution in [0.4, 0.5) is 13.2 Å². The maximum absolute atomic E-state index is 12.9. The first-order valence-corrected chi connectivity index (χ1v) is 6.18. The molecule has 0 aliphatic carbocycles. The molecule has 0 aromatic carbocycles. The molecule has 2 rings (SSSR count). The van der Waals surface area contributed by atoms with Crippen molar-refractivity contribution in [3.05, 3.63) is 12.2 Å². The molecule has 2 unspecified atom stereocenters. The fourth-order valence-corrected chi connectivity index (χ4v) is 2.47. The highest BCUT2D eigenvalue weighted by molar-refractivity contribution is 5.64. The summed E-state index contributed by atoms with van der Waals surface area (Å²) in [7, 11) is 0. The number of hydrogen-bond donors (Lipinski definition) is 1. The van der Waals surface area contributed by atoms with Crippen LogP contribution >= 0.6 is 0 Å².